The van der Waals surface area contributed by atoms with E-state index in [-0.39, 0.29) is 0 Å². The molecule has 1 N–H and O–H groups in total. The van der Waals surface area contributed by atoms with Crippen molar-refractivity contribution in [3.05, 3.63) is 36.5 Å². The second-order valence-electron chi connectivity index (χ2n) is 2.85. The fourth-order valence-electron chi connectivity index (χ4n) is 0.937. The molecule has 0 unspecified atom stereocenters. The molecule has 0 radical (unpaired) electrons. The average molecular weight is 189 g/mol. The van der Waals surface area contributed by atoms with Gasteiger partial charge >= 0.3 is 0 Å². The summed E-state index contributed by atoms with van der Waals surface area (Å²) in [5, 5.41) is 3.15. The number of nitrogens with zero attached hydrogens (tertiary/aromatic N) is 2. The molecule has 3 nitrogen and oxygen atoms in total. The molecule has 0 amide bonds. The minimum atomic E-state index is 0.681. The highest BCUT2D eigenvalue weighted by Crippen LogP contribution is 2.00. The zero-order valence-corrected chi connectivity index (χ0v) is 8.40. The highest BCUT2D eigenvalue weighted by Gasteiger charge is 1.91. The number of anilines is 1. The molecule has 0 saturated carbocycles. The topological polar surface area (TPSA) is 37.3 Å². The smallest absolute Gasteiger partial charge is 0.126 e. The Hall–Kier alpha value is -1.64. The quantitative estimate of drug-likeness (QED) is 0.720. The first-order valence-corrected chi connectivity index (χ1v) is 4.65. The second-order valence-corrected chi connectivity index (χ2v) is 2.85. The minimum Gasteiger partial charge on any atom is -0.366 e. The molecular formula is C11H15N3. The van der Waals surface area contributed by atoms with E-state index in [1.54, 1.807) is 12.4 Å². The van der Waals surface area contributed by atoms with Crippen LogP contribution in [0.1, 0.15) is 6.92 Å². The summed E-state index contributed by atoms with van der Waals surface area (Å²) >= 11 is 0. The molecule has 0 saturated heterocycles. The van der Waals surface area contributed by atoms with Crippen LogP contribution in [0.5, 0.6) is 0 Å². The van der Waals surface area contributed by atoms with Crippen molar-refractivity contribution >= 4 is 12.0 Å². The molecule has 14 heavy (non-hydrogen) atoms. The Balaban J connectivity index is 2.34. The summed E-state index contributed by atoms with van der Waals surface area (Å²) in [5.41, 5.74) is 0.956. The summed E-state index contributed by atoms with van der Waals surface area (Å²) in [6.07, 6.45) is 3.54. The van der Waals surface area contributed by atoms with Gasteiger partial charge in [0.15, 0.2) is 0 Å². The van der Waals surface area contributed by atoms with E-state index >= 15 is 0 Å². The summed E-state index contributed by atoms with van der Waals surface area (Å²) < 4.78 is 0. The maximum Gasteiger partial charge on any atom is 0.126 e. The molecule has 0 spiro atoms. The van der Waals surface area contributed by atoms with Crippen molar-refractivity contribution in [2.24, 2.45) is 4.99 Å². The van der Waals surface area contributed by atoms with Crippen LogP contribution in [0, 0.1) is 0 Å². The number of aromatic nitrogens is 1. The molecule has 0 atom stereocenters. The van der Waals surface area contributed by atoms with Gasteiger partial charge < -0.3 is 5.32 Å². The maximum atomic E-state index is 4.13. The highest BCUT2D eigenvalue weighted by molar-refractivity contribution is 5.78. The van der Waals surface area contributed by atoms with Crippen LogP contribution in [0.3, 0.4) is 0 Å². The lowest BCUT2D eigenvalue weighted by Gasteiger charge is -2.03. The van der Waals surface area contributed by atoms with Crippen LogP contribution in [0.25, 0.3) is 0 Å². The number of pyridine rings is 1. The first kappa shape index (κ1) is 10.4. The van der Waals surface area contributed by atoms with Gasteiger partial charge in [0.25, 0.3) is 0 Å². The SMILES string of the molecule is C=C(C=NCC)CNc1ccccn1. The first-order chi connectivity index (χ1) is 6.83. The van der Waals surface area contributed by atoms with Crippen molar-refractivity contribution in [1.82, 2.24) is 4.98 Å². The van der Waals surface area contributed by atoms with E-state index < -0.39 is 0 Å². The Morgan fingerprint density at radius 3 is 3.14 bits per heavy atom. The van der Waals surface area contributed by atoms with Gasteiger partial charge in [-0.05, 0) is 24.6 Å². The van der Waals surface area contributed by atoms with E-state index in [1.807, 2.05) is 25.1 Å². The predicted molar refractivity (Wildman–Crippen MR) is 60.9 cm³/mol. The molecule has 3 heteroatoms. The Kier molecular flexibility index (Phi) is 4.41. The molecule has 0 bridgehead atoms. The van der Waals surface area contributed by atoms with Crippen LogP contribution >= 0.6 is 0 Å². The fraction of sp³-hybridized carbons (Fsp3) is 0.273. The highest BCUT2D eigenvalue weighted by atomic mass is 15.0. The summed E-state index contributed by atoms with van der Waals surface area (Å²) in [7, 11) is 0. The minimum absolute atomic E-state index is 0.681. The average Bonchev–Trinajstić information content (AvgIpc) is 2.25. The first-order valence-electron chi connectivity index (χ1n) is 4.65. The number of nitrogens with one attached hydrogen (secondary N) is 1. The lowest BCUT2D eigenvalue weighted by Crippen LogP contribution is -2.05. The zero-order chi connectivity index (χ0) is 10.2. The number of aliphatic imine (C=N–C) groups is 1. The molecule has 0 fully saturated rings. The van der Waals surface area contributed by atoms with Crippen molar-refractivity contribution in [3.8, 4) is 0 Å². The zero-order valence-electron chi connectivity index (χ0n) is 8.40. The third-order valence-electron chi connectivity index (χ3n) is 1.62. The van der Waals surface area contributed by atoms with Crippen molar-refractivity contribution < 1.29 is 0 Å². The standard InChI is InChI=1S/C11H15N3/c1-3-12-8-10(2)9-14-11-6-4-5-7-13-11/h4-8H,2-3,9H2,1H3,(H,13,14). The maximum absolute atomic E-state index is 4.13. The lowest BCUT2D eigenvalue weighted by atomic mass is 10.3. The molecular weight excluding hydrogens is 174 g/mol. The third kappa shape index (κ3) is 3.85. The van der Waals surface area contributed by atoms with Gasteiger partial charge in [-0.15, -0.1) is 0 Å². The van der Waals surface area contributed by atoms with Crippen LogP contribution in [-0.4, -0.2) is 24.3 Å². The van der Waals surface area contributed by atoms with Gasteiger partial charge in [0.1, 0.15) is 5.82 Å². The molecule has 0 aliphatic heterocycles. The van der Waals surface area contributed by atoms with Gasteiger partial charge in [-0.1, -0.05) is 12.6 Å². The summed E-state index contributed by atoms with van der Waals surface area (Å²) in [5.74, 6) is 0.860. The van der Waals surface area contributed by atoms with Gasteiger partial charge in [-0.25, -0.2) is 4.98 Å². The number of hydrogen-bond acceptors (Lipinski definition) is 3. The van der Waals surface area contributed by atoms with Gasteiger partial charge in [0.05, 0.1) is 0 Å². The molecule has 0 aliphatic carbocycles. The Bertz CT molecular complexity index is 304. The van der Waals surface area contributed by atoms with Crippen molar-refractivity contribution in [2.75, 3.05) is 18.4 Å². The molecule has 0 aliphatic rings. The van der Waals surface area contributed by atoms with Gasteiger partial charge in [0.2, 0.25) is 0 Å². The lowest BCUT2D eigenvalue weighted by molar-refractivity contribution is 1.13. The fourth-order valence-corrected chi connectivity index (χ4v) is 0.937. The monoisotopic (exact) mass is 189 g/mol. The molecule has 0 aromatic carbocycles. The van der Waals surface area contributed by atoms with E-state index in [4.69, 9.17) is 0 Å². The molecule has 1 rings (SSSR count). The van der Waals surface area contributed by atoms with Gasteiger partial charge in [-0.3, -0.25) is 4.99 Å². The van der Waals surface area contributed by atoms with Crippen LogP contribution in [0.4, 0.5) is 5.82 Å². The Morgan fingerprint density at radius 1 is 1.64 bits per heavy atom. The van der Waals surface area contributed by atoms with E-state index in [0.29, 0.717) is 6.54 Å². The molecule has 1 aromatic heterocycles. The summed E-state index contributed by atoms with van der Waals surface area (Å²) in [6, 6.07) is 5.75. The predicted octanol–water partition coefficient (Wildman–Crippen LogP) is 2.14. The summed E-state index contributed by atoms with van der Waals surface area (Å²) in [4.78, 5) is 8.23. The van der Waals surface area contributed by atoms with Crippen LogP contribution < -0.4 is 5.32 Å². The van der Waals surface area contributed by atoms with Crippen LogP contribution in [0.15, 0.2) is 41.5 Å². The normalized spacial score (nSPS) is 10.4. The van der Waals surface area contributed by atoms with E-state index in [1.165, 1.54) is 0 Å². The molecule has 74 valence electrons. The van der Waals surface area contributed by atoms with Gasteiger partial charge in [0, 0.05) is 25.5 Å². The summed E-state index contributed by atoms with van der Waals surface area (Å²) in [6.45, 7) is 7.34. The second kappa shape index (κ2) is 5.91. The third-order valence-corrected chi connectivity index (χ3v) is 1.62. The Labute approximate surface area is 84.6 Å². The van der Waals surface area contributed by atoms with E-state index in [0.717, 1.165) is 17.9 Å². The number of rotatable bonds is 5. The number of hydrogen-bond donors (Lipinski definition) is 1. The van der Waals surface area contributed by atoms with E-state index in [9.17, 15) is 0 Å². The van der Waals surface area contributed by atoms with E-state index in [2.05, 4.69) is 21.9 Å². The molecule has 1 aromatic rings. The van der Waals surface area contributed by atoms with Crippen molar-refractivity contribution in [3.63, 3.8) is 0 Å². The van der Waals surface area contributed by atoms with Crippen molar-refractivity contribution in [2.45, 2.75) is 6.92 Å². The van der Waals surface area contributed by atoms with Crippen LogP contribution in [0.2, 0.25) is 0 Å². The largest absolute Gasteiger partial charge is 0.366 e. The van der Waals surface area contributed by atoms with Crippen molar-refractivity contribution in [1.29, 1.82) is 0 Å². The van der Waals surface area contributed by atoms with Gasteiger partial charge in [-0.2, -0.15) is 0 Å². The Morgan fingerprint density at radius 2 is 2.50 bits per heavy atom. The molecule has 1 heterocycles. The van der Waals surface area contributed by atoms with Crippen LogP contribution in [-0.2, 0) is 0 Å².